The zero-order valence-electron chi connectivity index (χ0n) is 17.5. The molecule has 7 nitrogen and oxygen atoms in total. The Labute approximate surface area is 185 Å². The number of nitrogens with one attached hydrogen (secondary N) is 1. The Balaban J connectivity index is 1.41. The first-order valence-electron chi connectivity index (χ1n) is 10.0. The van der Waals surface area contributed by atoms with Gasteiger partial charge in [0.05, 0.1) is 5.75 Å². The number of nitrogens with zero attached hydrogens (tertiary/aromatic N) is 1. The second-order valence-electron chi connectivity index (χ2n) is 7.32. The number of carboxylic acid groups (broad SMARTS) is 1. The molecule has 0 saturated heterocycles. The van der Waals surface area contributed by atoms with Crippen molar-refractivity contribution in [2.75, 3.05) is 31.7 Å². The minimum Gasteiger partial charge on any atom is -0.480 e. The molecule has 2 amide bonds. The first kappa shape index (κ1) is 22.7. The maximum Gasteiger partial charge on any atom is 0.407 e. The first-order valence-corrected chi connectivity index (χ1v) is 11.2. The van der Waals surface area contributed by atoms with Crippen LogP contribution in [0.5, 0.6) is 0 Å². The molecule has 0 aliphatic heterocycles. The Bertz CT molecular complexity index is 919. The zero-order chi connectivity index (χ0) is 22.4. The van der Waals surface area contributed by atoms with Gasteiger partial charge in [-0.3, -0.25) is 4.79 Å². The quantitative estimate of drug-likeness (QED) is 0.579. The van der Waals surface area contributed by atoms with Crippen molar-refractivity contribution in [1.29, 1.82) is 0 Å². The number of hydrogen-bond acceptors (Lipinski definition) is 5. The molecular weight excluding hydrogens is 416 g/mol. The van der Waals surface area contributed by atoms with Gasteiger partial charge < -0.3 is 20.1 Å². The van der Waals surface area contributed by atoms with Gasteiger partial charge in [0.15, 0.2) is 0 Å². The van der Waals surface area contributed by atoms with E-state index in [-0.39, 0.29) is 24.2 Å². The lowest BCUT2D eigenvalue weighted by Gasteiger charge is -2.21. The molecule has 0 bridgehead atoms. The highest BCUT2D eigenvalue weighted by atomic mass is 32.2. The molecule has 3 rings (SSSR count). The highest BCUT2D eigenvalue weighted by Gasteiger charge is 2.29. The molecule has 2 aromatic rings. The largest absolute Gasteiger partial charge is 0.480 e. The van der Waals surface area contributed by atoms with E-state index in [9.17, 15) is 14.4 Å². The minimum atomic E-state index is -1.04. The van der Waals surface area contributed by atoms with Crippen molar-refractivity contribution in [3.8, 4) is 11.1 Å². The highest BCUT2D eigenvalue weighted by molar-refractivity contribution is 7.99. The van der Waals surface area contributed by atoms with Gasteiger partial charge in [0, 0.05) is 25.3 Å². The Hall–Kier alpha value is -3.00. The van der Waals surface area contributed by atoms with Crippen molar-refractivity contribution in [2.24, 2.45) is 0 Å². The topological polar surface area (TPSA) is 95.9 Å². The lowest BCUT2D eigenvalue weighted by atomic mass is 9.98. The second kappa shape index (κ2) is 10.3. The summed E-state index contributed by atoms with van der Waals surface area (Å²) >= 11 is 1.33. The van der Waals surface area contributed by atoms with Crippen LogP contribution in [0, 0.1) is 0 Å². The van der Waals surface area contributed by atoms with Crippen LogP contribution in [0.25, 0.3) is 11.1 Å². The number of likely N-dealkylation sites (N-methyl/N-ethyl adjacent to an activating group) is 1. The number of alkyl carbamates (subject to hydrolysis) is 1. The average molecular weight is 443 g/mol. The summed E-state index contributed by atoms with van der Waals surface area (Å²) in [4.78, 5) is 36.2. The van der Waals surface area contributed by atoms with Gasteiger partial charge in [-0.05, 0) is 29.2 Å². The molecular formula is C23H26N2O5S. The van der Waals surface area contributed by atoms with Crippen LogP contribution < -0.4 is 5.32 Å². The number of ether oxygens (including phenoxy) is 1. The molecule has 1 aliphatic carbocycles. The van der Waals surface area contributed by atoms with Gasteiger partial charge in [0.2, 0.25) is 5.91 Å². The van der Waals surface area contributed by atoms with Crippen LogP contribution in [0.15, 0.2) is 48.5 Å². The predicted molar refractivity (Wildman–Crippen MR) is 120 cm³/mol. The number of benzene rings is 2. The molecule has 0 fully saturated rings. The SMILES string of the molecule is CC(C(=O)O)N(C)C(=O)CSCCNC(=O)OCC1c2ccccc2-c2ccccc21. The van der Waals surface area contributed by atoms with Gasteiger partial charge in [-0.1, -0.05) is 48.5 Å². The third kappa shape index (κ3) is 5.38. The van der Waals surface area contributed by atoms with Crippen LogP contribution >= 0.6 is 11.8 Å². The summed E-state index contributed by atoms with van der Waals surface area (Å²) in [6, 6.07) is 15.4. The first-order chi connectivity index (χ1) is 14.9. The van der Waals surface area contributed by atoms with Crippen LogP contribution in [0.4, 0.5) is 4.79 Å². The van der Waals surface area contributed by atoms with Gasteiger partial charge in [-0.2, -0.15) is 11.8 Å². The molecule has 1 unspecified atom stereocenters. The fraction of sp³-hybridized carbons (Fsp3) is 0.348. The van der Waals surface area contributed by atoms with E-state index in [0.29, 0.717) is 12.3 Å². The fourth-order valence-electron chi connectivity index (χ4n) is 3.52. The van der Waals surface area contributed by atoms with E-state index in [0.717, 1.165) is 11.1 Å². The summed E-state index contributed by atoms with van der Waals surface area (Å²) in [5.74, 6) is -0.623. The molecule has 1 aliphatic rings. The predicted octanol–water partition coefficient (Wildman–Crippen LogP) is 3.19. The molecule has 164 valence electrons. The number of amides is 2. The molecule has 0 aromatic heterocycles. The van der Waals surface area contributed by atoms with Gasteiger partial charge in [-0.15, -0.1) is 0 Å². The molecule has 1 atom stereocenters. The van der Waals surface area contributed by atoms with Crippen molar-refractivity contribution in [2.45, 2.75) is 18.9 Å². The van der Waals surface area contributed by atoms with Crippen molar-refractivity contribution >= 4 is 29.7 Å². The van der Waals surface area contributed by atoms with E-state index in [4.69, 9.17) is 9.84 Å². The summed E-state index contributed by atoms with van der Waals surface area (Å²) in [5, 5.41) is 11.6. The summed E-state index contributed by atoms with van der Waals surface area (Å²) in [6.07, 6.45) is -0.495. The molecule has 2 N–H and O–H groups in total. The van der Waals surface area contributed by atoms with Crippen LogP contribution in [0.3, 0.4) is 0 Å². The summed E-state index contributed by atoms with van der Waals surface area (Å²) in [6.45, 7) is 2.07. The van der Waals surface area contributed by atoms with Crippen molar-refractivity contribution in [1.82, 2.24) is 10.2 Å². The highest BCUT2D eigenvalue weighted by Crippen LogP contribution is 2.44. The maximum absolute atomic E-state index is 12.1. The Kier molecular flexibility index (Phi) is 7.57. The number of carbonyl (C=O) groups is 3. The lowest BCUT2D eigenvalue weighted by molar-refractivity contribution is -0.147. The second-order valence-corrected chi connectivity index (χ2v) is 8.43. The third-order valence-corrected chi connectivity index (χ3v) is 6.36. The van der Waals surface area contributed by atoms with E-state index in [1.165, 1.54) is 41.8 Å². The van der Waals surface area contributed by atoms with Gasteiger partial charge in [-0.25, -0.2) is 9.59 Å². The number of rotatable bonds is 9. The molecule has 0 spiro atoms. The van der Waals surface area contributed by atoms with E-state index < -0.39 is 18.1 Å². The number of thioether (sulfide) groups is 1. The van der Waals surface area contributed by atoms with Crippen LogP contribution in [-0.4, -0.2) is 65.7 Å². The van der Waals surface area contributed by atoms with E-state index in [1.807, 2.05) is 24.3 Å². The van der Waals surface area contributed by atoms with Gasteiger partial charge in [0.1, 0.15) is 12.6 Å². The Morgan fingerprint density at radius 3 is 2.26 bits per heavy atom. The van der Waals surface area contributed by atoms with Crippen molar-refractivity contribution in [3.63, 3.8) is 0 Å². The number of hydrogen-bond donors (Lipinski definition) is 2. The Morgan fingerprint density at radius 2 is 1.68 bits per heavy atom. The summed E-state index contributed by atoms with van der Waals surface area (Å²) in [7, 11) is 1.47. The van der Waals surface area contributed by atoms with E-state index in [1.54, 1.807) is 0 Å². The average Bonchev–Trinajstić information content (AvgIpc) is 3.10. The number of carboxylic acids is 1. The van der Waals surface area contributed by atoms with Gasteiger partial charge >= 0.3 is 12.1 Å². The monoisotopic (exact) mass is 442 g/mol. The van der Waals surface area contributed by atoms with E-state index >= 15 is 0 Å². The van der Waals surface area contributed by atoms with Crippen LogP contribution in [0.1, 0.15) is 24.0 Å². The fourth-order valence-corrected chi connectivity index (χ4v) is 4.29. The zero-order valence-corrected chi connectivity index (χ0v) is 18.4. The number of fused-ring (bicyclic) bond motifs is 3. The van der Waals surface area contributed by atoms with Crippen molar-refractivity contribution in [3.05, 3.63) is 59.7 Å². The molecule has 0 radical (unpaired) electrons. The van der Waals surface area contributed by atoms with Crippen LogP contribution in [0.2, 0.25) is 0 Å². The molecule has 0 saturated carbocycles. The lowest BCUT2D eigenvalue weighted by Crippen LogP contribution is -2.41. The number of carbonyl (C=O) groups excluding carboxylic acids is 2. The maximum atomic E-state index is 12.1. The molecule has 2 aromatic carbocycles. The van der Waals surface area contributed by atoms with E-state index in [2.05, 4.69) is 29.6 Å². The van der Waals surface area contributed by atoms with Crippen LogP contribution in [-0.2, 0) is 14.3 Å². The minimum absolute atomic E-state index is 0.0110. The third-order valence-electron chi connectivity index (χ3n) is 5.42. The standard InChI is InChI=1S/C23H26N2O5S/c1-15(22(27)28)25(2)21(26)14-31-12-11-24-23(29)30-13-20-18-9-5-3-7-16(18)17-8-4-6-10-19(17)20/h3-10,15,20H,11-14H2,1-2H3,(H,24,29)(H,27,28). The summed E-state index contributed by atoms with van der Waals surface area (Å²) in [5.41, 5.74) is 4.67. The molecule has 0 heterocycles. The Morgan fingerprint density at radius 1 is 1.10 bits per heavy atom. The molecule has 31 heavy (non-hydrogen) atoms. The number of aliphatic carboxylic acids is 1. The smallest absolute Gasteiger partial charge is 0.407 e. The molecule has 8 heteroatoms. The van der Waals surface area contributed by atoms with Crippen molar-refractivity contribution < 1.29 is 24.2 Å². The normalized spacial score (nSPS) is 13.1. The summed E-state index contributed by atoms with van der Waals surface area (Å²) < 4.78 is 5.46. The van der Waals surface area contributed by atoms with Gasteiger partial charge in [0.25, 0.3) is 0 Å².